The molecule has 0 amide bonds. The number of carbonyl (C=O) groups excluding carboxylic acids is 3. The monoisotopic (exact) mass is 430 g/mol. The first-order chi connectivity index (χ1) is 14.5. The van der Waals surface area contributed by atoms with Crippen LogP contribution in [0, 0.1) is 0 Å². The largest absolute Gasteiger partial charge is 0.508 e. The van der Waals surface area contributed by atoms with E-state index in [1.165, 1.54) is 6.92 Å². The Morgan fingerprint density at radius 3 is 2.19 bits per heavy atom. The number of benzene rings is 2. The maximum atomic E-state index is 13.1. The van der Waals surface area contributed by atoms with E-state index in [0.717, 1.165) is 18.2 Å². The predicted octanol–water partition coefficient (Wildman–Crippen LogP) is 2.09. The summed E-state index contributed by atoms with van der Waals surface area (Å²) in [7, 11) is 0. The molecule has 5 N–H and O–H groups in total. The van der Waals surface area contributed by atoms with Gasteiger partial charge in [-0.05, 0) is 31.9 Å². The molecule has 0 aromatic heterocycles. The minimum atomic E-state index is -0.859. The second-order valence-corrected chi connectivity index (χ2v) is 7.55. The van der Waals surface area contributed by atoms with Gasteiger partial charge in [0.1, 0.15) is 23.0 Å². The van der Waals surface area contributed by atoms with Crippen LogP contribution in [0.3, 0.4) is 0 Å². The normalized spacial score (nSPS) is 14.5. The highest BCUT2D eigenvalue weighted by Gasteiger charge is 2.38. The lowest BCUT2D eigenvalue weighted by Crippen LogP contribution is -2.22. The molecule has 31 heavy (non-hydrogen) atoms. The molecule has 2 unspecified atom stereocenters. The zero-order valence-corrected chi connectivity index (χ0v) is 16.9. The fourth-order valence-corrected chi connectivity index (χ4v) is 3.75. The van der Waals surface area contributed by atoms with Gasteiger partial charge in [-0.1, -0.05) is 0 Å². The molecule has 0 radical (unpaired) electrons. The Balaban J connectivity index is 2.17. The highest BCUT2D eigenvalue weighted by atomic mass is 16.5. The molecular weight excluding hydrogens is 408 g/mol. The van der Waals surface area contributed by atoms with Crippen molar-refractivity contribution in [3.05, 3.63) is 46.0 Å². The van der Waals surface area contributed by atoms with Crippen LogP contribution in [-0.4, -0.2) is 55.8 Å². The number of esters is 1. The van der Waals surface area contributed by atoms with E-state index in [1.807, 2.05) is 0 Å². The van der Waals surface area contributed by atoms with Crippen LogP contribution in [0.1, 0.15) is 70.0 Å². The van der Waals surface area contributed by atoms with E-state index in [9.17, 15) is 39.9 Å². The summed E-state index contributed by atoms with van der Waals surface area (Å²) in [5, 5.41) is 50.9. The van der Waals surface area contributed by atoms with E-state index in [4.69, 9.17) is 4.74 Å². The lowest BCUT2D eigenvalue weighted by molar-refractivity contribution is -0.141. The molecule has 3 rings (SSSR count). The van der Waals surface area contributed by atoms with Gasteiger partial charge in [0.2, 0.25) is 5.78 Å². The number of ketones is 2. The third-order valence-electron chi connectivity index (χ3n) is 5.19. The molecule has 2 atom stereocenters. The van der Waals surface area contributed by atoms with Crippen molar-refractivity contribution in [1.82, 2.24) is 0 Å². The number of phenolic OH excluding ortho intramolecular Hbond substituents is 4. The number of rotatable bonds is 6. The highest BCUT2D eigenvalue weighted by Crippen LogP contribution is 2.46. The summed E-state index contributed by atoms with van der Waals surface area (Å²) >= 11 is 0. The Kier molecular flexibility index (Phi) is 5.90. The Bertz CT molecular complexity index is 1090. The number of carbonyl (C=O) groups is 3. The number of aliphatic hydroxyl groups is 1. The average Bonchev–Trinajstić information content (AvgIpc) is 2.66. The smallest absolute Gasteiger partial charge is 0.302 e. The first kappa shape index (κ1) is 22.1. The molecule has 164 valence electrons. The van der Waals surface area contributed by atoms with E-state index >= 15 is 0 Å². The number of ether oxygens (including phenoxy) is 1. The van der Waals surface area contributed by atoms with Crippen molar-refractivity contribution in [1.29, 1.82) is 0 Å². The fraction of sp³-hybridized carbons (Fsp3) is 0.318. The number of aromatic hydroxyl groups is 4. The van der Waals surface area contributed by atoms with Crippen molar-refractivity contribution in [2.45, 2.75) is 38.7 Å². The molecule has 0 saturated heterocycles. The van der Waals surface area contributed by atoms with Crippen LogP contribution in [-0.2, 0) is 9.53 Å². The molecule has 2 aromatic rings. The van der Waals surface area contributed by atoms with Crippen molar-refractivity contribution in [3.63, 3.8) is 0 Å². The van der Waals surface area contributed by atoms with E-state index in [-0.39, 0.29) is 41.7 Å². The zero-order chi connectivity index (χ0) is 23.0. The van der Waals surface area contributed by atoms with Crippen molar-refractivity contribution >= 4 is 17.5 Å². The van der Waals surface area contributed by atoms with E-state index < -0.39 is 58.1 Å². The Morgan fingerprint density at radius 2 is 1.58 bits per heavy atom. The van der Waals surface area contributed by atoms with Crippen LogP contribution < -0.4 is 0 Å². The van der Waals surface area contributed by atoms with Crippen LogP contribution in [0.4, 0.5) is 0 Å². The van der Waals surface area contributed by atoms with Gasteiger partial charge in [-0.3, -0.25) is 14.4 Å². The summed E-state index contributed by atoms with van der Waals surface area (Å²) in [6.45, 7) is 2.50. The first-order valence-electron chi connectivity index (χ1n) is 9.58. The molecule has 1 aliphatic carbocycles. The third-order valence-corrected chi connectivity index (χ3v) is 5.19. The molecular formula is C22H22O9. The first-order valence-corrected chi connectivity index (χ1v) is 9.58. The third kappa shape index (κ3) is 4.04. The Morgan fingerprint density at radius 1 is 0.935 bits per heavy atom. The van der Waals surface area contributed by atoms with Gasteiger partial charge in [0.25, 0.3) is 0 Å². The molecule has 0 heterocycles. The van der Waals surface area contributed by atoms with Crippen molar-refractivity contribution in [2.75, 3.05) is 6.61 Å². The van der Waals surface area contributed by atoms with Crippen molar-refractivity contribution in [2.24, 2.45) is 0 Å². The van der Waals surface area contributed by atoms with Gasteiger partial charge < -0.3 is 30.3 Å². The van der Waals surface area contributed by atoms with Gasteiger partial charge in [-0.2, -0.15) is 0 Å². The molecule has 0 aliphatic heterocycles. The standard InChI is InChI=1S/C22H22O9/c1-9(23)3-4-11(8-31-10(2)24)17-16(27)7-14-19(21(17)29)22(30)18-13(20(14)28)5-12(25)6-15(18)26/h5-7,9,11,23,25-27,29H,3-4,8H2,1-2H3. The van der Waals surface area contributed by atoms with Crippen LogP contribution in [0.25, 0.3) is 0 Å². The molecule has 0 spiro atoms. The highest BCUT2D eigenvalue weighted by molar-refractivity contribution is 6.30. The van der Waals surface area contributed by atoms with Gasteiger partial charge in [0, 0.05) is 35.6 Å². The molecule has 1 aliphatic rings. The minimum absolute atomic E-state index is 0.108. The average molecular weight is 430 g/mol. The van der Waals surface area contributed by atoms with E-state index in [2.05, 4.69) is 0 Å². The summed E-state index contributed by atoms with van der Waals surface area (Å²) in [4.78, 5) is 37.2. The van der Waals surface area contributed by atoms with Gasteiger partial charge >= 0.3 is 5.97 Å². The SMILES string of the molecule is CC(=O)OCC(CCC(C)O)c1c(O)cc2c(c1O)C(=O)c1c(O)cc(O)cc1C2=O. The van der Waals surface area contributed by atoms with Gasteiger partial charge in [0.15, 0.2) is 5.78 Å². The summed E-state index contributed by atoms with van der Waals surface area (Å²) in [5.74, 6) is -5.22. The number of aliphatic hydroxyl groups excluding tert-OH is 1. The van der Waals surface area contributed by atoms with Gasteiger partial charge in [0.05, 0.1) is 23.8 Å². The second-order valence-electron chi connectivity index (χ2n) is 7.55. The number of phenols is 4. The van der Waals surface area contributed by atoms with E-state index in [1.54, 1.807) is 6.92 Å². The maximum absolute atomic E-state index is 13.1. The lowest BCUT2D eigenvalue weighted by Gasteiger charge is -2.25. The van der Waals surface area contributed by atoms with Crippen LogP contribution >= 0.6 is 0 Å². The van der Waals surface area contributed by atoms with Gasteiger partial charge in [-0.25, -0.2) is 0 Å². The molecule has 9 nitrogen and oxygen atoms in total. The van der Waals surface area contributed by atoms with Crippen LogP contribution in [0.5, 0.6) is 23.0 Å². The zero-order valence-electron chi connectivity index (χ0n) is 16.9. The maximum Gasteiger partial charge on any atom is 0.302 e. The Hall–Kier alpha value is -3.59. The number of hydrogen-bond donors (Lipinski definition) is 5. The number of hydrogen-bond acceptors (Lipinski definition) is 9. The fourth-order valence-electron chi connectivity index (χ4n) is 3.75. The molecule has 9 heteroatoms. The summed E-state index contributed by atoms with van der Waals surface area (Å²) in [6.07, 6.45) is -0.262. The number of fused-ring (bicyclic) bond motifs is 2. The quantitative estimate of drug-likeness (QED) is 0.369. The van der Waals surface area contributed by atoms with Gasteiger partial charge in [-0.15, -0.1) is 0 Å². The molecule has 0 fully saturated rings. The Labute approximate surface area is 177 Å². The lowest BCUT2D eigenvalue weighted by atomic mass is 9.79. The summed E-state index contributed by atoms with van der Waals surface area (Å²) in [5.41, 5.74) is -1.43. The van der Waals surface area contributed by atoms with Crippen molar-refractivity contribution < 1.29 is 44.7 Å². The summed E-state index contributed by atoms with van der Waals surface area (Å²) < 4.78 is 5.02. The van der Waals surface area contributed by atoms with E-state index in [0.29, 0.717) is 0 Å². The summed E-state index contributed by atoms with van der Waals surface area (Å²) in [6, 6.07) is 2.95. The predicted molar refractivity (Wildman–Crippen MR) is 107 cm³/mol. The molecule has 0 bridgehead atoms. The molecule has 2 aromatic carbocycles. The second kappa shape index (κ2) is 8.27. The van der Waals surface area contributed by atoms with Crippen LogP contribution in [0.2, 0.25) is 0 Å². The van der Waals surface area contributed by atoms with Crippen molar-refractivity contribution in [3.8, 4) is 23.0 Å². The van der Waals surface area contributed by atoms with Crippen LogP contribution in [0.15, 0.2) is 18.2 Å². The minimum Gasteiger partial charge on any atom is -0.508 e. The topological polar surface area (TPSA) is 162 Å². The molecule has 0 saturated carbocycles.